The van der Waals surface area contributed by atoms with Crippen LogP contribution in [0.1, 0.15) is 10.9 Å². The van der Waals surface area contributed by atoms with Crippen molar-refractivity contribution in [1.29, 1.82) is 0 Å². The number of hydrogen-bond donors (Lipinski definition) is 1. The van der Waals surface area contributed by atoms with E-state index in [4.69, 9.17) is 5.73 Å². The lowest BCUT2D eigenvalue weighted by Crippen LogP contribution is -2.10. The molecule has 0 fully saturated rings. The second-order valence-electron chi connectivity index (χ2n) is 1.89. The Labute approximate surface area is 71.2 Å². The molecular formula is C6H7BrFNS. The van der Waals surface area contributed by atoms with Gasteiger partial charge >= 0.3 is 0 Å². The van der Waals surface area contributed by atoms with Gasteiger partial charge in [-0.2, -0.15) is 0 Å². The number of rotatable bonds is 2. The van der Waals surface area contributed by atoms with Crippen LogP contribution in [0.15, 0.2) is 15.9 Å². The third-order valence-electron chi connectivity index (χ3n) is 1.15. The van der Waals surface area contributed by atoms with E-state index in [9.17, 15) is 4.39 Å². The third-order valence-corrected chi connectivity index (χ3v) is 3.15. The van der Waals surface area contributed by atoms with Crippen molar-refractivity contribution in [3.8, 4) is 0 Å². The summed E-state index contributed by atoms with van der Waals surface area (Å²) in [4.78, 5) is 0.877. The van der Waals surface area contributed by atoms with E-state index in [0.717, 1.165) is 9.35 Å². The monoisotopic (exact) mass is 223 g/mol. The zero-order valence-corrected chi connectivity index (χ0v) is 7.58. The van der Waals surface area contributed by atoms with Gasteiger partial charge in [-0.25, -0.2) is 4.39 Å². The normalized spacial score (nSPS) is 13.5. The van der Waals surface area contributed by atoms with E-state index in [1.54, 1.807) is 0 Å². The Morgan fingerprint density at radius 1 is 1.80 bits per heavy atom. The summed E-state index contributed by atoms with van der Waals surface area (Å²) in [6.45, 7) is -0.501. The maximum atomic E-state index is 12.0. The summed E-state index contributed by atoms with van der Waals surface area (Å²) >= 11 is 4.74. The molecule has 1 nitrogen and oxygen atoms in total. The van der Waals surface area contributed by atoms with Gasteiger partial charge < -0.3 is 5.73 Å². The quantitative estimate of drug-likeness (QED) is 0.820. The van der Waals surface area contributed by atoms with Crippen LogP contribution < -0.4 is 5.73 Å². The Morgan fingerprint density at radius 3 is 2.90 bits per heavy atom. The van der Waals surface area contributed by atoms with Gasteiger partial charge in [0.25, 0.3) is 0 Å². The van der Waals surface area contributed by atoms with Gasteiger partial charge in [0.1, 0.15) is 6.67 Å². The number of halogens is 2. The summed E-state index contributed by atoms with van der Waals surface area (Å²) in [5, 5.41) is 1.88. The molecule has 1 atom stereocenters. The van der Waals surface area contributed by atoms with Gasteiger partial charge in [-0.3, -0.25) is 0 Å². The van der Waals surface area contributed by atoms with Crippen LogP contribution in [-0.4, -0.2) is 6.67 Å². The van der Waals surface area contributed by atoms with Crippen LogP contribution in [0.5, 0.6) is 0 Å². The minimum Gasteiger partial charge on any atom is -0.321 e. The van der Waals surface area contributed by atoms with E-state index < -0.39 is 12.7 Å². The molecule has 0 amide bonds. The van der Waals surface area contributed by atoms with Gasteiger partial charge in [0, 0.05) is 9.35 Å². The molecule has 0 saturated heterocycles. The van der Waals surface area contributed by atoms with E-state index in [2.05, 4.69) is 15.9 Å². The zero-order chi connectivity index (χ0) is 7.56. The van der Waals surface area contributed by atoms with Crippen molar-refractivity contribution in [3.63, 3.8) is 0 Å². The molecule has 0 bridgehead atoms. The molecule has 0 unspecified atom stereocenters. The van der Waals surface area contributed by atoms with Crippen LogP contribution in [0.2, 0.25) is 0 Å². The lowest BCUT2D eigenvalue weighted by atomic mass is 10.3. The molecule has 0 radical (unpaired) electrons. The standard InChI is InChI=1S/C6H7BrFNS/c7-4-1-2-10-6(4)5(9)3-8/h1-2,5H,3,9H2/t5-/m0/s1. The van der Waals surface area contributed by atoms with E-state index in [0.29, 0.717) is 0 Å². The molecule has 0 aliphatic rings. The molecule has 4 heteroatoms. The lowest BCUT2D eigenvalue weighted by Gasteiger charge is -2.02. The van der Waals surface area contributed by atoms with Crippen molar-refractivity contribution in [2.24, 2.45) is 5.73 Å². The maximum Gasteiger partial charge on any atom is 0.109 e. The van der Waals surface area contributed by atoms with Crippen molar-refractivity contribution < 1.29 is 4.39 Å². The first-order chi connectivity index (χ1) is 4.75. The number of nitrogens with two attached hydrogens (primary N) is 1. The number of hydrogen-bond acceptors (Lipinski definition) is 2. The van der Waals surface area contributed by atoms with Crippen molar-refractivity contribution in [2.75, 3.05) is 6.67 Å². The molecular weight excluding hydrogens is 217 g/mol. The van der Waals surface area contributed by atoms with E-state index >= 15 is 0 Å². The highest BCUT2D eigenvalue weighted by molar-refractivity contribution is 9.10. The molecule has 0 aliphatic heterocycles. The van der Waals surface area contributed by atoms with E-state index in [1.165, 1.54) is 11.3 Å². The first kappa shape index (κ1) is 8.17. The fourth-order valence-electron chi connectivity index (χ4n) is 0.640. The van der Waals surface area contributed by atoms with Crippen LogP contribution in [0.4, 0.5) is 4.39 Å². The van der Waals surface area contributed by atoms with Gasteiger partial charge in [0.15, 0.2) is 0 Å². The number of thiophene rings is 1. The minimum atomic E-state index is -0.501. The third kappa shape index (κ3) is 1.56. The molecule has 56 valence electrons. The van der Waals surface area contributed by atoms with Crippen LogP contribution >= 0.6 is 27.3 Å². The predicted octanol–water partition coefficient (Wildman–Crippen LogP) is 2.48. The summed E-state index contributed by atoms with van der Waals surface area (Å²) < 4.78 is 12.9. The van der Waals surface area contributed by atoms with Gasteiger partial charge in [0.05, 0.1) is 6.04 Å². The average Bonchev–Trinajstić information content (AvgIpc) is 2.34. The van der Waals surface area contributed by atoms with Gasteiger partial charge in [0.2, 0.25) is 0 Å². The van der Waals surface area contributed by atoms with Gasteiger partial charge in [-0.05, 0) is 27.4 Å². The lowest BCUT2D eigenvalue weighted by molar-refractivity contribution is 0.440. The van der Waals surface area contributed by atoms with Crippen LogP contribution in [-0.2, 0) is 0 Å². The molecule has 1 aromatic rings. The molecule has 0 aromatic carbocycles. The molecule has 2 N–H and O–H groups in total. The van der Waals surface area contributed by atoms with Crippen LogP contribution in [0.3, 0.4) is 0 Å². The summed E-state index contributed by atoms with van der Waals surface area (Å²) in [7, 11) is 0. The largest absolute Gasteiger partial charge is 0.321 e. The van der Waals surface area contributed by atoms with Crippen molar-refractivity contribution >= 4 is 27.3 Å². The maximum absolute atomic E-state index is 12.0. The first-order valence-corrected chi connectivity index (χ1v) is 4.47. The van der Waals surface area contributed by atoms with Crippen LogP contribution in [0.25, 0.3) is 0 Å². The Balaban J connectivity index is 2.82. The second kappa shape index (κ2) is 3.46. The van der Waals surface area contributed by atoms with Crippen LogP contribution in [0, 0.1) is 0 Å². The molecule has 0 aliphatic carbocycles. The Kier molecular flexibility index (Phi) is 2.82. The fraction of sp³-hybridized carbons (Fsp3) is 0.333. The zero-order valence-electron chi connectivity index (χ0n) is 5.18. The molecule has 1 rings (SSSR count). The smallest absolute Gasteiger partial charge is 0.109 e. The number of alkyl halides is 1. The van der Waals surface area contributed by atoms with Crippen molar-refractivity contribution in [3.05, 3.63) is 20.8 Å². The Bertz CT molecular complexity index is 213. The highest BCUT2D eigenvalue weighted by Crippen LogP contribution is 2.27. The molecule has 0 saturated carbocycles. The predicted molar refractivity (Wildman–Crippen MR) is 44.9 cm³/mol. The summed E-state index contributed by atoms with van der Waals surface area (Å²) in [6.07, 6.45) is 0. The average molecular weight is 224 g/mol. The molecule has 10 heavy (non-hydrogen) atoms. The highest BCUT2D eigenvalue weighted by atomic mass is 79.9. The van der Waals surface area contributed by atoms with Gasteiger partial charge in [-0.15, -0.1) is 11.3 Å². The van der Waals surface area contributed by atoms with Gasteiger partial charge in [-0.1, -0.05) is 0 Å². The summed E-state index contributed by atoms with van der Waals surface area (Å²) in [6, 6.07) is 1.41. The molecule has 1 heterocycles. The Morgan fingerprint density at radius 2 is 2.50 bits per heavy atom. The van der Waals surface area contributed by atoms with Crippen molar-refractivity contribution in [1.82, 2.24) is 0 Å². The van der Waals surface area contributed by atoms with Crippen molar-refractivity contribution in [2.45, 2.75) is 6.04 Å². The second-order valence-corrected chi connectivity index (χ2v) is 3.70. The summed E-state index contributed by atoms with van der Waals surface area (Å²) in [5.41, 5.74) is 5.44. The fourth-order valence-corrected chi connectivity index (χ4v) is 2.29. The first-order valence-electron chi connectivity index (χ1n) is 2.80. The minimum absolute atomic E-state index is 0.464. The molecule has 1 aromatic heterocycles. The summed E-state index contributed by atoms with van der Waals surface area (Å²) in [5.74, 6) is 0. The Hall–Kier alpha value is 0.0700. The SMILES string of the molecule is N[C@@H](CF)c1sccc1Br. The molecule has 0 spiro atoms. The van der Waals surface area contributed by atoms with E-state index in [-0.39, 0.29) is 0 Å². The highest BCUT2D eigenvalue weighted by Gasteiger charge is 2.09. The topological polar surface area (TPSA) is 26.0 Å². The van der Waals surface area contributed by atoms with E-state index in [1.807, 2.05) is 11.4 Å².